The van der Waals surface area contributed by atoms with Gasteiger partial charge in [0, 0.05) is 30.2 Å². The van der Waals surface area contributed by atoms with E-state index in [4.69, 9.17) is 0 Å². The Morgan fingerprint density at radius 3 is 2.69 bits per heavy atom. The van der Waals surface area contributed by atoms with Gasteiger partial charge in [0.2, 0.25) is 5.91 Å². The van der Waals surface area contributed by atoms with Crippen LogP contribution in [0.3, 0.4) is 0 Å². The molecule has 0 saturated heterocycles. The van der Waals surface area contributed by atoms with E-state index >= 15 is 0 Å². The molecule has 0 radical (unpaired) electrons. The van der Waals surface area contributed by atoms with Crippen molar-refractivity contribution >= 4 is 11.6 Å². The summed E-state index contributed by atoms with van der Waals surface area (Å²) in [5.74, 6) is 0.0321. The van der Waals surface area contributed by atoms with Gasteiger partial charge in [-0.3, -0.25) is 4.79 Å². The molecule has 2 aromatic rings. The fourth-order valence-corrected chi connectivity index (χ4v) is 1.50. The van der Waals surface area contributed by atoms with Gasteiger partial charge < -0.3 is 9.88 Å². The van der Waals surface area contributed by atoms with Gasteiger partial charge in [0.25, 0.3) is 0 Å². The summed E-state index contributed by atoms with van der Waals surface area (Å²) < 4.78 is 2.00. The first-order valence-electron chi connectivity index (χ1n) is 5.33. The number of nitrogens with one attached hydrogen (secondary N) is 1. The van der Waals surface area contributed by atoms with Crippen molar-refractivity contribution in [2.45, 2.75) is 13.3 Å². The number of carbonyl (C=O) groups is 1. The minimum Gasteiger partial charge on any atom is -0.326 e. The molecule has 1 amide bonds. The number of benzene rings is 1. The predicted octanol–water partition coefficient (Wildman–Crippen LogP) is 2.83. The Morgan fingerprint density at radius 1 is 1.25 bits per heavy atom. The molecule has 0 fully saturated rings. The Hall–Kier alpha value is -2.03. The van der Waals surface area contributed by atoms with Crippen LogP contribution in [0, 0.1) is 0 Å². The topological polar surface area (TPSA) is 34.0 Å². The lowest BCUT2D eigenvalue weighted by molar-refractivity contribution is -0.115. The van der Waals surface area contributed by atoms with E-state index in [1.165, 1.54) is 0 Å². The van der Waals surface area contributed by atoms with Crippen molar-refractivity contribution in [3.63, 3.8) is 0 Å². The van der Waals surface area contributed by atoms with Crippen molar-refractivity contribution in [1.82, 2.24) is 4.57 Å². The molecule has 3 heteroatoms. The molecule has 0 aliphatic rings. The molecule has 0 spiro atoms. The molecule has 1 aromatic carbocycles. The van der Waals surface area contributed by atoms with Gasteiger partial charge in [-0.05, 0) is 30.3 Å². The monoisotopic (exact) mass is 214 g/mol. The number of hydrogen-bond donors (Lipinski definition) is 1. The van der Waals surface area contributed by atoms with E-state index in [-0.39, 0.29) is 5.91 Å². The highest BCUT2D eigenvalue weighted by Gasteiger charge is 2.00. The molecule has 1 N–H and O–H groups in total. The van der Waals surface area contributed by atoms with E-state index in [0.717, 1.165) is 11.4 Å². The molecular formula is C13H14N2O. The number of amides is 1. The Bertz CT molecular complexity index is 474. The van der Waals surface area contributed by atoms with Crippen LogP contribution in [0.25, 0.3) is 5.69 Å². The Kier molecular flexibility index (Phi) is 3.05. The van der Waals surface area contributed by atoms with E-state index in [9.17, 15) is 4.79 Å². The van der Waals surface area contributed by atoms with Crippen molar-refractivity contribution in [2.75, 3.05) is 5.32 Å². The minimum absolute atomic E-state index is 0.0321. The summed E-state index contributed by atoms with van der Waals surface area (Å²) in [5.41, 5.74) is 1.87. The number of nitrogens with zero attached hydrogens (tertiary/aromatic N) is 1. The standard InChI is InChI=1S/C13H14N2O/c1-2-13(16)14-11-6-5-7-12(10-11)15-8-3-4-9-15/h3-10H,2H2,1H3,(H,14,16). The average molecular weight is 214 g/mol. The summed E-state index contributed by atoms with van der Waals surface area (Å²) in [6, 6.07) is 11.7. The molecule has 1 heterocycles. The Morgan fingerprint density at radius 2 is 2.00 bits per heavy atom. The van der Waals surface area contributed by atoms with Crippen LogP contribution in [0.15, 0.2) is 48.8 Å². The van der Waals surface area contributed by atoms with Crippen molar-refractivity contribution < 1.29 is 4.79 Å². The van der Waals surface area contributed by atoms with E-state index in [2.05, 4.69) is 5.32 Å². The van der Waals surface area contributed by atoms with Gasteiger partial charge in [-0.15, -0.1) is 0 Å². The van der Waals surface area contributed by atoms with Crippen LogP contribution in [0.4, 0.5) is 5.69 Å². The van der Waals surface area contributed by atoms with Crippen molar-refractivity contribution in [3.8, 4) is 5.69 Å². The summed E-state index contributed by atoms with van der Waals surface area (Å²) in [6.45, 7) is 1.84. The molecule has 16 heavy (non-hydrogen) atoms. The molecular weight excluding hydrogens is 200 g/mol. The number of hydrogen-bond acceptors (Lipinski definition) is 1. The lowest BCUT2D eigenvalue weighted by Crippen LogP contribution is -2.09. The minimum atomic E-state index is 0.0321. The van der Waals surface area contributed by atoms with Gasteiger partial charge in [0.15, 0.2) is 0 Å². The second kappa shape index (κ2) is 4.66. The fraction of sp³-hybridized carbons (Fsp3) is 0.154. The highest BCUT2D eigenvalue weighted by Crippen LogP contribution is 2.14. The van der Waals surface area contributed by atoms with Crippen LogP contribution in [0.1, 0.15) is 13.3 Å². The first-order chi connectivity index (χ1) is 7.79. The molecule has 2 rings (SSSR count). The maximum atomic E-state index is 11.3. The molecule has 3 nitrogen and oxygen atoms in total. The van der Waals surface area contributed by atoms with Gasteiger partial charge >= 0.3 is 0 Å². The molecule has 0 aliphatic carbocycles. The SMILES string of the molecule is CCC(=O)Nc1cccc(-n2cccc2)c1. The summed E-state index contributed by atoms with van der Waals surface area (Å²) in [4.78, 5) is 11.3. The van der Waals surface area contributed by atoms with Crippen molar-refractivity contribution in [2.24, 2.45) is 0 Å². The van der Waals surface area contributed by atoms with Crippen molar-refractivity contribution in [3.05, 3.63) is 48.8 Å². The summed E-state index contributed by atoms with van der Waals surface area (Å²) >= 11 is 0. The molecule has 0 saturated carbocycles. The van der Waals surface area contributed by atoms with E-state index in [1.54, 1.807) is 0 Å². The van der Waals surface area contributed by atoms with Crippen LogP contribution in [-0.4, -0.2) is 10.5 Å². The normalized spacial score (nSPS) is 10.1. The van der Waals surface area contributed by atoms with E-state index in [1.807, 2.05) is 60.3 Å². The first-order valence-corrected chi connectivity index (χ1v) is 5.33. The van der Waals surface area contributed by atoms with Gasteiger partial charge in [-0.1, -0.05) is 13.0 Å². The third-order valence-corrected chi connectivity index (χ3v) is 2.35. The molecule has 82 valence electrons. The van der Waals surface area contributed by atoms with Crippen LogP contribution < -0.4 is 5.32 Å². The third-order valence-electron chi connectivity index (χ3n) is 2.35. The van der Waals surface area contributed by atoms with Crippen LogP contribution in [0.5, 0.6) is 0 Å². The number of rotatable bonds is 3. The highest BCUT2D eigenvalue weighted by atomic mass is 16.1. The largest absolute Gasteiger partial charge is 0.326 e. The number of carbonyl (C=O) groups excluding carboxylic acids is 1. The lowest BCUT2D eigenvalue weighted by Gasteiger charge is -2.07. The Balaban J connectivity index is 2.23. The lowest BCUT2D eigenvalue weighted by atomic mass is 10.2. The zero-order chi connectivity index (χ0) is 11.4. The quantitative estimate of drug-likeness (QED) is 0.837. The third kappa shape index (κ3) is 2.31. The van der Waals surface area contributed by atoms with Gasteiger partial charge in [-0.25, -0.2) is 0 Å². The van der Waals surface area contributed by atoms with Crippen LogP contribution >= 0.6 is 0 Å². The zero-order valence-corrected chi connectivity index (χ0v) is 9.18. The first kappa shape index (κ1) is 10.5. The summed E-state index contributed by atoms with van der Waals surface area (Å²) in [7, 11) is 0. The fourth-order valence-electron chi connectivity index (χ4n) is 1.50. The van der Waals surface area contributed by atoms with Crippen LogP contribution in [0.2, 0.25) is 0 Å². The second-order valence-electron chi connectivity index (χ2n) is 3.54. The summed E-state index contributed by atoms with van der Waals surface area (Å²) in [6.07, 6.45) is 4.44. The average Bonchev–Trinajstić information content (AvgIpc) is 2.83. The van der Waals surface area contributed by atoms with Gasteiger partial charge in [0.05, 0.1) is 0 Å². The zero-order valence-electron chi connectivity index (χ0n) is 9.18. The summed E-state index contributed by atoms with van der Waals surface area (Å²) in [5, 5.41) is 2.84. The molecule has 0 unspecified atom stereocenters. The second-order valence-corrected chi connectivity index (χ2v) is 3.54. The maximum Gasteiger partial charge on any atom is 0.224 e. The molecule has 0 atom stereocenters. The van der Waals surface area contributed by atoms with Gasteiger partial charge in [0.1, 0.15) is 0 Å². The number of aromatic nitrogens is 1. The van der Waals surface area contributed by atoms with E-state index in [0.29, 0.717) is 6.42 Å². The van der Waals surface area contributed by atoms with Crippen molar-refractivity contribution in [1.29, 1.82) is 0 Å². The molecule has 1 aromatic heterocycles. The van der Waals surface area contributed by atoms with Crippen LogP contribution in [-0.2, 0) is 4.79 Å². The van der Waals surface area contributed by atoms with Gasteiger partial charge in [-0.2, -0.15) is 0 Å². The molecule has 0 bridgehead atoms. The number of anilines is 1. The van der Waals surface area contributed by atoms with E-state index < -0.39 is 0 Å². The maximum absolute atomic E-state index is 11.3. The predicted molar refractivity (Wildman–Crippen MR) is 64.7 cm³/mol. The Labute approximate surface area is 94.7 Å². The smallest absolute Gasteiger partial charge is 0.224 e. The highest BCUT2D eigenvalue weighted by molar-refractivity contribution is 5.90. The molecule has 0 aliphatic heterocycles.